The third-order valence-corrected chi connectivity index (χ3v) is 2.72. The molecule has 0 amide bonds. The quantitative estimate of drug-likeness (QED) is 0.579. The molecule has 0 radical (unpaired) electrons. The molecule has 70 valence electrons. The molecule has 0 saturated heterocycles. The SMILES string of the molecule is CCCC(C)C1=[N+](C)CCN1C. The number of hydrogen-bond donors (Lipinski definition) is 0. The van der Waals surface area contributed by atoms with Crippen molar-refractivity contribution in [3.8, 4) is 0 Å². The summed E-state index contributed by atoms with van der Waals surface area (Å²) >= 11 is 0. The lowest BCUT2D eigenvalue weighted by Gasteiger charge is -2.13. The molecule has 1 atom stereocenters. The summed E-state index contributed by atoms with van der Waals surface area (Å²) in [4.78, 5) is 2.39. The van der Waals surface area contributed by atoms with Crippen LogP contribution in [0.1, 0.15) is 26.7 Å². The topological polar surface area (TPSA) is 6.25 Å². The molecule has 1 aliphatic heterocycles. The van der Waals surface area contributed by atoms with Crippen LogP contribution in [0, 0.1) is 5.92 Å². The van der Waals surface area contributed by atoms with Gasteiger partial charge in [-0.2, -0.15) is 0 Å². The van der Waals surface area contributed by atoms with Crippen molar-refractivity contribution in [1.82, 2.24) is 4.90 Å². The summed E-state index contributed by atoms with van der Waals surface area (Å²) in [5, 5.41) is 0. The zero-order valence-corrected chi connectivity index (χ0v) is 8.80. The normalized spacial score (nSPS) is 20.5. The van der Waals surface area contributed by atoms with E-state index in [2.05, 4.69) is 37.4 Å². The molecule has 0 fully saturated rings. The van der Waals surface area contributed by atoms with Gasteiger partial charge < -0.3 is 0 Å². The van der Waals surface area contributed by atoms with E-state index in [1.165, 1.54) is 31.8 Å². The minimum absolute atomic E-state index is 0.729. The third kappa shape index (κ3) is 1.79. The van der Waals surface area contributed by atoms with Crippen LogP contribution in [0.3, 0.4) is 0 Å². The highest BCUT2D eigenvalue weighted by Gasteiger charge is 2.28. The zero-order chi connectivity index (χ0) is 9.14. The maximum Gasteiger partial charge on any atom is 0.249 e. The van der Waals surface area contributed by atoms with Gasteiger partial charge in [-0.25, -0.2) is 0 Å². The first-order valence-electron chi connectivity index (χ1n) is 4.96. The highest BCUT2D eigenvalue weighted by atomic mass is 15.3. The van der Waals surface area contributed by atoms with E-state index < -0.39 is 0 Å². The van der Waals surface area contributed by atoms with Gasteiger partial charge in [0.15, 0.2) is 0 Å². The largest absolute Gasteiger partial charge is 0.264 e. The first-order chi connectivity index (χ1) is 5.66. The summed E-state index contributed by atoms with van der Waals surface area (Å²) in [5.41, 5.74) is 0. The fourth-order valence-electron chi connectivity index (χ4n) is 2.14. The lowest BCUT2D eigenvalue weighted by Crippen LogP contribution is -2.30. The highest BCUT2D eigenvalue weighted by molar-refractivity contribution is 5.80. The number of amidine groups is 1. The van der Waals surface area contributed by atoms with Crippen LogP contribution in [0.4, 0.5) is 0 Å². The van der Waals surface area contributed by atoms with Crippen LogP contribution >= 0.6 is 0 Å². The number of hydrogen-bond acceptors (Lipinski definition) is 1. The highest BCUT2D eigenvalue weighted by Crippen LogP contribution is 2.12. The summed E-state index contributed by atoms with van der Waals surface area (Å²) in [5.74, 6) is 2.25. The van der Waals surface area contributed by atoms with E-state index in [4.69, 9.17) is 0 Å². The molecule has 0 saturated carbocycles. The molecule has 0 aromatic carbocycles. The van der Waals surface area contributed by atoms with Crippen molar-refractivity contribution in [1.29, 1.82) is 0 Å². The lowest BCUT2D eigenvalue weighted by atomic mass is 10.0. The molecular formula is C10H21N2+. The maximum atomic E-state index is 2.39. The standard InChI is InChI=1S/C10H21N2/c1-5-6-9(2)10-11(3)7-8-12(10)4/h9H,5-8H2,1-4H3/q+1. The van der Waals surface area contributed by atoms with E-state index in [9.17, 15) is 0 Å². The van der Waals surface area contributed by atoms with Gasteiger partial charge in [0.1, 0.15) is 13.1 Å². The van der Waals surface area contributed by atoms with Gasteiger partial charge in [0.25, 0.3) is 0 Å². The number of rotatable bonds is 3. The fourth-order valence-corrected chi connectivity index (χ4v) is 2.14. The Labute approximate surface area is 75.9 Å². The minimum Gasteiger partial charge on any atom is -0.264 e. The first-order valence-corrected chi connectivity index (χ1v) is 4.96. The van der Waals surface area contributed by atoms with E-state index in [0.29, 0.717) is 0 Å². The van der Waals surface area contributed by atoms with Crippen LogP contribution in [0.15, 0.2) is 0 Å². The minimum atomic E-state index is 0.729. The molecule has 0 spiro atoms. The Morgan fingerprint density at radius 2 is 2.25 bits per heavy atom. The van der Waals surface area contributed by atoms with E-state index in [1.807, 2.05) is 0 Å². The van der Waals surface area contributed by atoms with Gasteiger partial charge in [0.05, 0.1) is 20.0 Å². The second kappa shape index (κ2) is 3.92. The van der Waals surface area contributed by atoms with Gasteiger partial charge in [-0.15, -0.1) is 0 Å². The maximum absolute atomic E-state index is 2.39. The molecule has 0 aromatic heterocycles. The van der Waals surface area contributed by atoms with Gasteiger partial charge in [0.2, 0.25) is 5.84 Å². The Bertz CT molecular complexity index is 184. The Balaban J connectivity index is 2.64. The summed E-state index contributed by atoms with van der Waals surface area (Å²) < 4.78 is 2.39. The Morgan fingerprint density at radius 1 is 1.58 bits per heavy atom. The van der Waals surface area contributed by atoms with Crippen LogP contribution in [-0.4, -0.2) is 42.5 Å². The van der Waals surface area contributed by atoms with Crippen LogP contribution in [-0.2, 0) is 0 Å². The summed E-state index contributed by atoms with van der Waals surface area (Å²) in [6, 6.07) is 0. The molecule has 2 heteroatoms. The molecule has 1 rings (SSSR count). The van der Waals surface area contributed by atoms with Crippen molar-refractivity contribution in [2.75, 3.05) is 27.2 Å². The second-order valence-corrected chi connectivity index (χ2v) is 3.89. The van der Waals surface area contributed by atoms with E-state index >= 15 is 0 Å². The van der Waals surface area contributed by atoms with Crippen molar-refractivity contribution in [3.05, 3.63) is 0 Å². The molecule has 0 aliphatic carbocycles. The average molecular weight is 169 g/mol. The summed E-state index contributed by atoms with van der Waals surface area (Å²) in [7, 11) is 4.40. The van der Waals surface area contributed by atoms with Gasteiger partial charge in [0, 0.05) is 0 Å². The Kier molecular flexibility index (Phi) is 3.12. The van der Waals surface area contributed by atoms with Gasteiger partial charge >= 0.3 is 0 Å². The van der Waals surface area contributed by atoms with Gasteiger partial charge in [-0.3, -0.25) is 9.48 Å². The molecule has 0 bridgehead atoms. The molecule has 2 nitrogen and oxygen atoms in total. The van der Waals surface area contributed by atoms with Gasteiger partial charge in [-0.05, 0) is 6.42 Å². The monoisotopic (exact) mass is 169 g/mol. The van der Waals surface area contributed by atoms with Crippen molar-refractivity contribution in [2.45, 2.75) is 26.7 Å². The lowest BCUT2D eigenvalue weighted by molar-refractivity contribution is -0.488. The molecule has 0 aromatic rings. The summed E-state index contributed by atoms with van der Waals surface area (Å²) in [6.07, 6.45) is 2.59. The van der Waals surface area contributed by atoms with E-state index in [1.54, 1.807) is 0 Å². The van der Waals surface area contributed by atoms with Crippen molar-refractivity contribution >= 4 is 5.84 Å². The molecule has 12 heavy (non-hydrogen) atoms. The third-order valence-electron chi connectivity index (χ3n) is 2.72. The predicted molar refractivity (Wildman–Crippen MR) is 52.8 cm³/mol. The van der Waals surface area contributed by atoms with Crippen molar-refractivity contribution in [3.63, 3.8) is 0 Å². The van der Waals surface area contributed by atoms with Crippen molar-refractivity contribution in [2.24, 2.45) is 5.92 Å². The van der Waals surface area contributed by atoms with Crippen LogP contribution < -0.4 is 0 Å². The van der Waals surface area contributed by atoms with Crippen LogP contribution in [0.2, 0.25) is 0 Å². The molecule has 1 unspecified atom stereocenters. The first kappa shape index (κ1) is 9.56. The van der Waals surface area contributed by atoms with Crippen LogP contribution in [0.25, 0.3) is 0 Å². The van der Waals surface area contributed by atoms with Crippen LogP contribution in [0.5, 0.6) is 0 Å². The summed E-state index contributed by atoms with van der Waals surface area (Å²) in [6.45, 7) is 6.98. The average Bonchev–Trinajstić information content (AvgIpc) is 2.32. The fraction of sp³-hybridized carbons (Fsp3) is 0.900. The van der Waals surface area contributed by atoms with E-state index in [-0.39, 0.29) is 0 Å². The number of likely N-dealkylation sites (N-methyl/N-ethyl adjacent to an activating group) is 2. The van der Waals surface area contributed by atoms with Gasteiger partial charge in [-0.1, -0.05) is 20.3 Å². The van der Waals surface area contributed by atoms with E-state index in [0.717, 1.165) is 5.92 Å². The van der Waals surface area contributed by atoms with Crippen molar-refractivity contribution < 1.29 is 4.58 Å². The second-order valence-electron chi connectivity index (χ2n) is 3.89. The molecule has 1 aliphatic rings. The molecule has 0 N–H and O–H groups in total. The molecule has 1 heterocycles. The zero-order valence-electron chi connectivity index (χ0n) is 8.80. The predicted octanol–water partition coefficient (Wildman–Crippen LogP) is 1.41. The smallest absolute Gasteiger partial charge is 0.249 e. The Hall–Kier alpha value is -0.530. The Morgan fingerprint density at radius 3 is 2.67 bits per heavy atom. The molecular weight excluding hydrogens is 148 g/mol. The number of nitrogens with zero attached hydrogens (tertiary/aromatic N) is 2.